The first-order chi connectivity index (χ1) is 12.3. The van der Waals surface area contributed by atoms with Crippen molar-refractivity contribution in [3.8, 4) is 11.5 Å². The molecule has 26 heavy (non-hydrogen) atoms. The number of rotatable bonds is 6. The first kappa shape index (κ1) is 20.1. The highest BCUT2D eigenvalue weighted by Gasteiger charge is 2.35. The molecule has 142 valence electrons. The number of urea groups is 1. The van der Waals surface area contributed by atoms with Crippen LogP contribution in [-0.4, -0.2) is 42.8 Å². The largest absolute Gasteiger partial charge is 0.503 e. The summed E-state index contributed by atoms with van der Waals surface area (Å²) in [6.45, 7) is 4.03. The van der Waals surface area contributed by atoms with Crippen LogP contribution in [0.15, 0.2) is 27.9 Å². The van der Waals surface area contributed by atoms with E-state index in [1.165, 1.54) is 12.0 Å². The molecule has 2 rings (SSSR count). The lowest BCUT2D eigenvalue weighted by Crippen LogP contribution is -2.46. The number of nitrogens with zero attached hydrogens (tertiary/aromatic N) is 1. The number of unbranched alkanes of at least 4 members (excludes halogenated alkanes) is 1. The molecule has 2 amide bonds. The highest BCUT2D eigenvalue weighted by atomic mass is 79.9. The third-order valence-electron chi connectivity index (χ3n) is 4.31. The predicted molar refractivity (Wildman–Crippen MR) is 100.0 cm³/mol. The molecule has 1 aromatic rings. The third kappa shape index (κ3) is 3.95. The Hall–Kier alpha value is -2.22. The second-order valence-corrected chi connectivity index (χ2v) is 6.84. The monoisotopic (exact) mass is 426 g/mol. The smallest absolute Gasteiger partial charge is 0.338 e. The second kappa shape index (κ2) is 8.44. The molecule has 0 saturated heterocycles. The summed E-state index contributed by atoms with van der Waals surface area (Å²) in [5.74, 6) is -0.293. The van der Waals surface area contributed by atoms with Gasteiger partial charge in [-0.2, -0.15) is 0 Å². The van der Waals surface area contributed by atoms with E-state index in [1.807, 2.05) is 6.92 Å². The van der Waals surface area contributed by atoms with Crippen molar-refractivity contribution in [1.82, 2.24) is 10.2 Å². The van der Waals surface area contributed by atoms with Crippen LogP contribution in [0.25, 0.3) is 0 Å². The van der Waals surface area contributed by atoms with Gasteiger partial charge in [0.2, 0.25) is 0 Å². The molecule has 1 aromatic carbocycles. The minimum Gasteiger partial charge on any atom is -0.503 e. The van der Waals surface area contributed by atoms with Crippen molar-refractivity contribution in [2.75, 3.05) is 20.8 Å². The van der Waals surface area contributed by atoms with Gasteiger partial charge in [-0.3, -0.25) is 0 Å². The van der Waals surface area contributed by atoms with Crippen LogP contribution in [0, 0.1) is 0 Å². The van der Waals surface area contributed by atoms with E-state index < -0.39 is 12.0 Å². The standard InChI is InChI=1S/C18H23BrN2O5/c1-5-6-7-26-17(23)14-10(2)21(3)18(24)20-15(14)11-8-12(19)16(22)13(9-11)25-4/h8-9,15,22H,5-7H2,1-4H3,(H,20,24)/t15-/m1/s1. The number of amides is 2. The molecule has 8 heteroatoms. The predicted octanol–water partition coefficient (Wildman–Crippen LogP) is 3.48. The number of nitrogens with one attached hydrogen (secondary N) is 1. The van der Waals surface area contributed by atoms with Gasteiger partial charge in [0.1, 0.15) is 0 Å². The molecule has 0 unspecified atom stereocenters. The molecule has 0 bridgehead atoms. The summed E-state index contributed by atoms with van der Waals surface area (Å²) in [6, 6.07) is 2.18. The molecule has 0 spiro atoms. The van der Waals surface area contributed by atoms with Gasteiger partial charge in [-0.15, -0.1) is 0 Å². The molecule has 1 heterocycles. The van der Waals surface area contributed by atoms with Crippen molar-refractivity contribution in [2.24, 2.45) is 0 Å². The van der Waals surface area contributed by atoms with Crippen LogP contribution >= 0.6 is 15.9 Å². The van der Waals surface area contributed by atoms with E-state index in [9.17, 15) is 14.7 Å². The minimum absolute atomic E-state index is 0.0525. The van der Waals surface area contributed by atoms with Crippen LogP contribution in [0.1, 0.15) is 38.3 Å². The number of phenolic OH excluding ortho intramolecular Hbond substituents is 1. The molecule has 0 fully saturated rings. The van der Waals surface area contributed by atoms with Gasteiger partial charge in [0, 0.05) is 12.7 Å². The van der Waals surface area contributed by atoms with Gasteiger partial charge in [-0.25, -0.2) is 9.59 Å². The van der Waals surface area contributed by atoms with Gasteiger partial charge >= 0.3 is 12.0 Å². The normalized spacial score (nSPS) is 17.2. The molecule has 1 aliphatic heterocycles. The summed E-state index contributed by atoms with van der Waals surface area (Å²) in [6.07, 6.45) is 1.68. The number of ether oxygens (including phenoxy) is 2. The molecule has 1 aliphatic rings. The number of phenols is 1. The van der Waals surface area contributed by atoms with Crippen molar-refractivity contribution in [3.63, 3.8) is 0 Å². The molecule has 7 nitrogen and oxygen atoms in total. The average Bonchev–Trinajstić information content (AvgIpc) is 2.61. The SMILES string of the molecule is CCCCOC(=O)C1=C(C)N(C)C(=O)N[C@@H]1c1cc(Br)c(O)c(OC)c1. The quantitative estimate of drug-likeness (QED) is 0.536. The lowest BCUT2D eigenvalue weighted by atomic mass is 9.94. The number of methoxy groups -OCH3 is 1. The maximum Gasteiger partial charge on any atom is 0.338 e. The van der Waals surface area contributed by atoms with E-state index >= 15 is 0 Å². The van der Waals surface area contributed by atoms with E-state index in [4.69, 9.17) is 9.47 Å². The molecule has 0 saturated carbocycles. The van der Waals surface area contributed by atoms with Crippen LogP contribution in [0.3, 0.4) is 0 Å². The van der Waals surface area contributed by atoms with Crippen molar-refractivity contribution < 1.29 is 24.2 Å². The minimum atomic E-state index is -0.710. The van der Waals surface area contributed by atoms with Crippen molar-refractivity contribution >= 4 is 27.9 Å². The van der Waals surface area contributed by atoms with E-state index in [0.717, 1.165) is 12.8 Å². The molecule has 0 aromatic heterocycles. The second-order valence-electron chi connectivity index (χ2n) is 5.98. The summed E-state index contributed by atoms with van der Waals surface area (Å²) in [5, 5.41) is 12.8. The van der Waals surface area contributed by atoms with Crippen LogP contribution in [0.4, 0.5) is 4.79 Å². The van der Waals surface area contributed by atoms with Gasteiger partial charge in [0.25, 0.3) is 0 Å². The van der Waals surface area contributed by atoms with Crippen LogP contribution < -0.4 is 10.1 Å². The fourth-order valence-electron chi connectivity index (χ4n) is 2.65. The van der Waals surface area contributed by atoms with E-state index in [0.29, 0.717) is 27.9 Å². The van der Waals surface area contributed by atoms with Gasteiger partial charge in [-0.05, 0) is 47.0 Å². The Kier molecular flexibility index (Phi) is 6.52. The lowest BCUT2D eigenvalue weighted by molar-refractivity contribution is -0.139. The number of esters is 1. The molecule has 0 aliphatic carbocycles. The zero-order chi connectivity index (χ0) is 19.4. The van der Waals surface area contributed by atoms with Gasteiger partial charge < -0.3 is 24.8 Å². The Bertz CT molecular complexity index is 747. The molecular weight excluding hydrogens is 404 g/mol. The van der Waals surface area contributed by atoms with Crippen molar-refractivity contribution in [2.45, 2.75) is 32.7 Å². The summed E-state index contributed by atoms with van der Waals surface area (Å²) in [4.78, 5) is 26.3. The number of benzene rings is 1. The average molecular weight is 427 g/mol. The Labute approximate surface area is 161 Å². The number of aromatic hydroxyl groups is 1. The summed E-state index contributed by atoms with van der Waals surface area (Å²) < 4.78 is 10.9. The highest BCUT2D eigenvalue weighted by molar-refractivity contribution is 9.10. The molecule has 0 radical (unpaired) electrons. The fourth-order valence-corrected chi connectivity index (χ4v) is 3.11. The zero-order valence-electron chi connectivity index (χ0n) is 15.3. The van der Waals surface area contributed by atoms with E-state index in [2.05, 4.69) is 21.2 Å². The Morgan fingerprint density at radius 3 is 2.73 bits per heavy atom. The van der Waals surface area contributed by atoms with E-state index in [1.54, 1.807) is 26.1 Å². The van der Waals surface area contributed by atoms with Crippen LogP contribution in [0.5, 0.6) is 11.5 Å². The summed E-state index contributed by atoms with van der Waals surface area (Å²) in [5.41, 5.74) is 1.46. The van der Waals surface area contributed by atoms with Gasteiger partial charge in [-0.1, -0.05) is 13.3 Å². The van der Waals surface area contributed by atoms with Crippen molar-refractivity contribution in [3.05, 3.63) is 33.4 Å². The molecule has 2 N–H and O–H groups in total. The van der Waals surface area contributed by atoms with E-state index in [-0.39, 0.29) is 17.5 Å². The fraction of sp³-hybridized carbons (Fsp3) is 0.444. The highest BCUT2D eigenvalue weighted by Crippen LogP contribution is 2.40. The summed E-state index contributed by atoms with van der Waals surface area (Å²) in [7, 11) is 3.02. The Morgan fingerprint density at radius 2 is 2.12 bits per heavy atom. The maximum absolute atomic E-state index is 12.7. The summed E-state index contributed by atoms with van der Waals surface area (Å²) >= 11 is 3.27. The Morgan fingerprint density at radius 1 is 1.42 bits per heavy atom. The number of hydrogen-bond donors (Lipinski definition) is 2. The lowest BCUT2D eigenvalue weighted by Gasteiger charge is -2.33. The first-order valence-electron chi connectivity index (χ1n) is 8.30. The van der Waals surface area contributed by atoms with Crippen LogP contribution in [-0.2, 0) is 9.53 Å². The Balaban J connectivity index is 2.49. The first-order valence-corrected chi connectivity index (χ1v) is 9.09. The number of carbonyl (C=O) groups excluding carboxylic acids is 2. The third-order valence-corrected chi connectivity index (χ3v) is 4.91. The van der Waals surface area contributed by atoms with Crippen LogP contribution in [0.2, 0.25) is 0 Å². The topological polar surface area (TPSA) is 88.1 Å². The maximum atomic E-state index is 12.7. The van der Waals surface area contributed by atoms with Gasteiger partial charge in [0.15, 0.2) is 11.5 Å². The van der Waals surface area contributed by atoms with Crippen molar-refractivity contribution in [1.29, 1.82) is 0 Å². The number of allylic oxidation sites excluding steroid dienone is 1. The molecule has 1 atom stereocenters. The zero-order valence-corrected chi connectivity index (χ0v) is 16.8. The number of hydrogen-bond acceptors (Lipinski definition) is 5. The number of carbonyl (C=O) groups is 2. The molecular formula is C18H23BrN2O5. The van der Waals surface area contributed by atoms with Gasteiger partial charge in [0.05, 0.1) is 29.8 Å². The number of halogens is 1.